The summed E-state index contributed by atoms with van der Waals surface area (Å²) in [5.41, 5.74) is 0.737. The minimum atomic E-state index is -0.580. The van der Waals surface area contributed by atoms with E-state index in [-0.39, 0.29) is 12.4 Å². The van der Waals surface area contributed by atoms with Gasteiger partial charge in [-0.3, -0.25) is 0 Å². The summed E-state index contributed by atoms with van der Waals surface area (Å²) >= 11 is 11.7. The summed E-state index contributed by atoms with van der Waals surface area (Å²) in [6.07, 6.45) is -0.580. The minimum absolute atomic E-state index is 0. The van der Waals surface area contributed by atoms with Crippen LogP contribution in [0.25, 0.3) is 0 Å². The highest BCUT2D eigenvalue weighted by Gasteiger charge is 2.09. The third-order valence-electron chi connectivity index (χ3n) is 1.99. The quantitative estimate of drug-likeness (QED) is 0.887. The molecule has 1 unspecified atom stereocenters. The van der Waals surface area contributed by atoms with Gasteiger partial charge in [0.1, 0.15) is 0 Å². The summed E-state index contributed by atoms with van der Waals surface area (Å²) in [4.78, 5) is 0. The summed E-state index contributed by atoms with van der Waals surface area (Å²) < 4.78 is 0. The van der Waals surface area contributed by atoms with Gasteiger partial charge in [0.15, 0.2) is 0 Å². The van der Waals surface area contributed by atoms with E-state index in [0.29, 0.717) is 22.6 Å². The van der Waals surface area contributed by atoms with Gasteiger partial charge < -0.3 is 10.4 Å². The molecule has 0 saturated carbocycles. The molecule has 0 aromatic heterocycles. The van der Waals surface area contributed by atoms with Gasteiger partial charge in [-0.05, 0) is 23.8 Å². The van der Waals surface area contributed by atoms with Gasteiger partial charge in [-0.1, -0.05) is 37.0 Å². The second-order valence-electron chi connectivity index (χ2n) is 3.78. The molecule has 0 saturated heterocycles. The normalized spacial score (nSPS) is 12.4. The van der Waals surface area contributed by atoms with Crippen molar-refractivity contribution in [2.45, 2.75) is 26.0 Å². The number of rotatable bonds is 4. The molecule has 0 spiro atoms. The highest BCUT2D eigenvalue weighted by atomic mass is 35.5. The van der Waals surface area contributed by atoms with Gasteiger partial charge in [0.05, 0.1) is 6.10 Å². The molecule has 1 rings (SSSR count). The Morgan fingerprint density at radius 3 is 2.12 bits per heavy atom. The Kier molecular flexibility index (Phi) is 7.36. The second-order valence-corrected chi connectivity index (χ2v) is 4.65. The molecule has 2 N–H and O–H groups in total. The van der Waals surface area contributed by atoms with Crippen molar-refractivity contribution in [1.29, 1.82) is 0 Å². The maximum Gasteiger partial charge on any atom is 0.0915 e. The lowest BCUT2D eigenvalue weighted by molar-refractivity contribution is 0.171. The van der Waals surface area contributed by atoms with Gasteiger partial charge in [-0.25, -0.2) is 0 Å². The van der Waals surface area contributed by atoms with E-state index >= 15 is 0 Å². The summed E-state index contributed by atoms with van der Waals surface area (Å²) in [6, 6.07) is 5.43. The first-order chi connectivity index (χ1) is 6.99. The average molecular weight is 285 g/mol. The van der Waals surface area contributed by atoms with Crippen LogP contribution in [-0.2, 0) is 0 Å². The smallest absolute Gasteiger partial charge is 0.0915 e. The molecule has 2 nitrogen and oxygen atoms in total. The van der Waals surface area contributed by atoms with E-state index in [2.05, 4.69) is 5.32 Å². The Hall–Kier alpha value is 0.01000. The molecule has 0 amide bonds. The third-order valence-corrected chi connectivity index (χ3v) is 2.43. The first kappa shape index (κ1) is 16.0. The maximum absolute atomic E-state index is 9.84. The van der Waals surface area contributed by atoms with E-state index < -0.39 is 6.10 Å². The van der Waals surface area contributed by atoms with Crippen molar-refractivity contribution in [3.8, 4) is 0 Å². The van der Waals surface area contributed by atoms with Gasteiger partial charge >= 0.3 is 0 Å². The van der Waals surface area contributed by atoms with Crippen molar-refractivity contribution >= 4 is 35.6 Å². The van der Waals surface area contributed by atoms with Crippen molar-refractivity contribution in [2.24, 2.45) is 0 Å². The van der Waals surface area contributed by atoms with Crippen LogP contribution in [0.15, 0.2) is 18.2 Å². The highest BCUT2D eigenvalue weighted by Crippen LogP contribution is 2.23. The Balaban J connectivity index is 0.00000225. The van der Waals surface area contributed by atoms with Crippen LogP contribution in [0.4, 0.5) is 0 Å². The monoisotopic (exact) mass is 283 g/mol. The Morgan fingerprint density at radius 2 is 1.69 bits per heavy atom. The molecular formula is C11H16Cl3NO. The second kappa shape index (κ2) is 7.36. The maximum atomic E-state index is 9.84. The number of halogens is 3. The Bertz CT molecular complexity index is 311. The number of aliphatic hydroxyl groups excluding tert-OH is 1. The van der Waals surface area contributed by atoms with E-state index in [1.54, 1.807) is 18.2 Å². The molecule has 0 radical (unpaired) electrons. The molecule has 1 atom stereocenters. The van der Waals surface area contributed by atoms with Crippen LogP contribution in [0.3, 0.4) is 0 Å². The number of hydrogen-bond acceptors (Lipinski definition) is 2. The van der Waals surface area contributed by atoms with Crippen LogP contribution < -0.4 is 5.32 Å². The van der Waals surface area contributed by atoms with Crippen LogP contribution >= 0.6 is 35.6 Å². The minimum Gasteiger partial charge on any atom is -0.387 e. The third kappa shape index (κ3) is 5.37. The molecule has 0 bridgehead atoms. The first-order valence-electron chi connectivity index (χ1n) is 4.86. The van der Waals surface area contributed by atoms with Gasteiger partial charge in [-0.2, -0.15) is 0 Å². The molecule has 0 heterocycles. The fourth-order valence-electron chi connectivity index (χ4n) is 1.23. The van der Waals surface area contributed by atoms with Gasteiger partial charge in [0, 0.05) is 22.6 Å². The number of hydrogen-bond donors (Lipinski definition) is 2. The number of nitrogens with one attached hydrogen (secondary N) is 1. The zero-order valence-electron chi connectivity index (χ0n) is 9.21. The van der Waals surface area contributed by atoms with Crippen molar-refractivity contribution in [2.75, 3.05) is 6.54 Å². The molecule has 16 heavy (non-hydrogen) atoms. The predicted octanol–water partition coefficient (Wildman–Crippen LogP) is 3.45. The van der Waals surface area contributed by atoms with E-state index in [4.69, 9.17) is 23.2 Å². The van der Waals surface area contributed by atoms with Gasteiger partial charge in [0.25, 0.3) is 0 Å². The lowest BCUT2D eigenvalue weighted by atomic mass is 10.1. The Morgan fingerprint density at radius 1 is 1.19 bits per heavy atom. The van der Waals surface area contributed by atoms with Crippen LogP contribution in [0.5, 0.6) is 0 Å². The standard InChI is InChI=1S/C11H15Cl2NO.ClH/c1-7(2)14-6-11(15)8-3-9(12)5-10(13)4-8;/h3-5,7,11,14-15H,6H2,1-2H3;1H. The molecule has 0 fully saturated rings. The fraction of sp³-hybridized carbons (Fsp3) is 0.455. The zero-order valence-corrected chi connectivity index (χ0v) is 11.5. The molecular weight excluding hydrogens is 268 g/mol. The average Bonchev–Trinajstić information content (AvgIpc) is 2.12. The predicted molar refractivity (Wildman–Crippen MR) is 71.8 cm³/mol. The molecule has 0 aliphatic heterocycles. The summed E-state index contributed by atoms with van der Waals surface area (Å²) in [5, 5.41) is 14.1. The lowest BCUT2D eigenvalue weighted by Crippen LogP contribution is -2.27. The fourth-order valence-corrected chi connectivity index (χ4v) is 1.78. The van der Waals surface area contributed by atoms with Crippen molar-refractivity contribution in [3.63, 3.8) is 0 Å². The molecule has 92 valence electrons. The SMILES string of the molecule is CC(C)NCC(O)c1cc(Cl)cc(Cl)c1.Cl. The van der Waals surface area contributed by atoms with Crippen LogP contribution in [0.2, 0.25) is 10.0 Å². The summed E-state index contributed by atoms with van der Waals surface area (Å²) in [5.74, 6) is 0. The molecule has 5 heteroatoms. The Labute approximate surface area is 112 Å². The van der Waals surface area contributed by atoms with Crippen LogP contribution in [0.1, 0.15) is 25.5 Å². The lowest BCUT2D eigenvalue weighted by Gasteiger charge is -2.14. The van der Waals surface area contributed by atoms with E-state index in [1.807, 2.05) is 13.8 Å². The summed E-state index contributed by atoms with van der Waals surface area (Å²) in [6.45, 7) is 4.55. The van der Waals surface area contributed by atoms with Gasteiger partial charge in [-0.15, -0.1) is 12.4 Å². The number of benzene rings is 1. The summed E-state index contributed by atoms with van der Waals surface area (Å²) in [7, 11) is 0. The van der Waals surface area contributed by atoms with E-state index in [9.17, 15) is 5.11 Å². The molecule has 0 aliphatic rings. The van der Waals surface area contributed by atoms with Gasteiger partial charge in [0.2, 0.25) is 0 Å². The van der Waals surface area contributed by atoms with E-state index in [1.165, 1.54) is 0 Å². The first-order valence-corrected chi connectivity index (χ1v) is 5.62. The largest absolute Gasteiger partial charge is 0.387 e. The van der Waals surface area contributed by atoms with E-state index in [0.717, 1.165) is 5.56 Å². The van der Waals surface area contributed by atoms with Crippen molar-refractivity contribution in [1.82, 2.24) is 5.32 Å². The topological polar surface area (TPSA) is 32.3 Å². The van der Waals surface area contributed by atoms with Crippen LogP contribution in [0, 0.1) is 0 Å². The van der Waals surface area contributed by atoms with Crippen LogP contribution in [-0.4, -0.2) is 17.7 Å². The number of aliphatic hydroxyl groups is 1. The molecule has 1 aromatic carbocycles. The van der Waals surface area contributed by atoms with Crippen molar-refractivity contribution < 1.29 is 5.11 Å². The molecule has 0 aliphatic carbocycles. The molecule has 1 aromatic rings. The highest BCUT2D eigenvalue weighted by molar-refractivity contribution is 6.34. The zero-order chi connectivity index (χ0) is 11.4. The van der Waals surface area contributed by atoms with Crippen molar-refractivity contribution in [3.05, 3.63) is 33.8 Å².